The van der Waals surface area contributed by atoms with Crippen molar-refractivity contribution >= 4 is 17.4 Å². The van der Waals surface area contributed by atoms with E-state index in [2.05, 4.69) is 0 Å². The van der Waals surface area contributed by atoms with Crippen LogP contribution in [0.1, 0.15) is 31.1 Å². The number of rotatable bonds is 4. The fourth-order valence-corrected chi connectivity index (χ4v) is 1.33. The van der Waals surface area contributed by atoms with Crippen LogP contribution in [0.5, 0.6) is 0 Å². The van der Waals surface area contributed by atoms with Gasteiger partial charge in [-0.05, 0) is 24.3 Å². The lowest BCUT2D eigenvalue weighted by Crippen LogP contribution is -2.26. The van der Waals surface area contributed by atoms with Crippen LogP contribution in [0.15, 0.2) is 24.3 Å². The average molecular weight is 263 g/mol. The van der Waals surface area contributed by atoms with Crippen molar-refractivity contribution in [1.29, 1.82) is 0 Å². The standard InChI is InChI=1S/C15H21NO3/c1-15(2,3)13(17)10-19-14(18)11-6-8-12(9-7-11)16(4)5/h6-9H,10H2,1-5H3. The van der Waals surface area contributed by atoms with Gasteiger partial charge >= 0.3 is 5.97 Å². The first kappa shape index (κ1) is 15.2. The third-order valence-electron chi connectivity index (χ3n) is 2.79. The molecule has 0 aromatic heterocycles. The van der Waals surface area contributed by atoms with Gasteiger partial charge in [-0.3, -0.25) is 4.79 Å². The number of carbonyl (C=O) groups is 2. The summed E-state index contributed by atoms with van der Waals surface area (Å²) in [6, 6.07) is 7.06. The molecule has 104 valence electrons. The van der Waals surface area contributed by atoms with Crippen LogP contribution >= 0.6 is 0 Å². The van der Waals surface area contributed by atoms with Crippen LogP contribution in [-0.4, -0.2) is 32.5 Å². The second-order valence-electron chi connectivity index (χ2n) is 5.69. The van der Waals surface area contributed by atoms with Gasteiger partial charge in [0, 0.05) is 25.2 Å². The molecule has 4 heteroatoms. The molecule has 19 heavy (non-hydrogen) atoms. The van der Waals surface area contributed by atoms with Gasteiger partial charge in [-0.2, -0.15) is 0 Å². The zero-order valence-corrected chi connectivity index (χ0v) is 12.2. The van der Waals surface area contributed by atoms with E-state index in [4.69, 9.17) is 4.74 Å². The number of benzene rings is 1. The second kappa shape index (κ2) is 5.87. The summed E-state index contributed by atoms with van der Waals surface area (Å²) >= 11 is 0. The molecule has 0 unspecified atom stereocenters. The Morgan fingerprint density at radius 3 is 2.05 bits per heavy atom. The first-order valence-corrected chi connectivity index (χ1v) is 6.19. The summed E-state index contributed by atoms with van der Waals surface area (Å²) in [5.41, 5.74) is 0.962. The molecule has 0 saturated heterocycles. The van der Waals surface area contributed by atoms with Crippen LogP contribution < -0.4 is 4.90 Å². The lowest BCUT2D eigenvalue weighted by Gasteiger charge is -2.16. The van der Waals surface area contributed by atoms with E-state index in [1.54, 1.807) is 32.9 Å². The van der Waals surface area contributed by atoms with Gasteiger partial charge in [-0.1, -0.05) is 20.8 Å². The molecule has 0 aliphatic carbocycles. The van der Waals surface area contributed by atoms with E-state index >= 15 is 0 Å². The van der Waals surface area contributed by atoms with Gasteiger partial charge in [-0.25, -0.2) is 4.79 Å². The van der Waals surface area contributed by atoms with E-state index in [-0.39, 0.29) is 12.4 Å². The third kappa shape index (κ3) is 4.39. The molecule has 0 atom stereocenters. The number of Topliss-reactive ketones (excluding diaryl/α,β-unsaturated/α-hetero) is 1. The van der Waals surface area contributed by atoms with Crippen LogP contribution in [0.4, 0.5) is 5.69 Å². The van der Waals surface area contributed by atoms with Crippen molar-refractivity contribution < 1.29 is 14.3 Å². The van der Waals surface area contributed by atoms with Crippen molar-refractivity contribution in [2.75, 3.05) is 25.6 Å². The van der Waals surface area contributed by atoms with E-state index < -0.39 is 11.4 Å². The van der Waals surface area contributed by atoms with Gasteiger partial charge in [0.1, 0.15) is 0 Å². The van der Waals surface area contributed by atoms with Gasteiger partial charge in [0.15, 0.2) is 12.4 Å². The van der Waals surface area contributed by atoms with Crippen molar-refractivity contribution in [3.05, 3.63) is 29.8 Å². The number of hydrogen-bond acceptors (Lipinski definition) is 4. The molecule has 0 bridgehead atoms. The maximum Gasteiger partial charge on any atom is 0.338 e. The Kier molecular flexibility index (Phi) is 4.70. The topological polar surface area (TPSA) is 46.6 Å². The Balaban J connectivity index is 2.62. The van der Waals surface area contributed by atoms with Crippen LogP contribution in [0, 0.1) is 5.41 Å². The first-order chi connectivity index (χ1) is 8.71. The summed E-state index contributed by atoms with van der Waals surface area (Å²) in [6.07, 6.45) is 0. The Morgan fingerprint density at radius 1 is 1.11 bits per heavy atom. The average Bonchev–Trinajstić information content (AvgIpc) is 2.34. The molecule has 0 N–H and O–H groups in total. The van der Waals surface area contributed by atoms with E-state index in [1.165, 1.54) is 0 Å². The van der Waals surface area contributed by atoms with E-state index in [0.717, 1.165) is 5.69 Å². The molecule has 0 radical (unpaired) electrons. The van der Waals surface area contributed by atoms with Crippen molar-refractivity contribution in [1.82, 2.24) is 0 Å². The number of carbonyl (C=O) groups excluding carboxylic acids is 2. The monoisotopic (exact) mass is 263 g/mol. The van der Waals surface area contributed by atoms with Crippen LogP contribution in [-0.2, 0) is 9.53 Å². The lowest BCUT2D eigenvalue weighted by atomic mass is 9.91. The highest BCUT2D eigenvalue weighted by Crippen LogP contribution is 2.16. The SMILES string of the molecule is CN(C)c1ccc(C(=O)OCC(=O)C(C)(C)C)cc1. The largest absolute Gasteiger partial charge is 0.454 e. The minimum absolute atomic E-state index is 0.0919. The molecule has 0 saturated carbocycles. The molecular weight excluding hydrogens is 242 g/mol. The quantitative estimate of drug-likeness (QED) is 0.783. The molecule has 1 aromatic carbocycles. The predicted molar refractivity (Wildman–Crippen MR) is 75.5 cm³/mol. The number of ketones is 1. The zero-order valence-electron chi connectivity index (χ0n) is 12.2. The maximum atomic E-state index is 11.8. The Hall–Kier alpha value is -1.84. The molecule has 0 amide bonds. The summed E-state index contributed by atoms with van der Waals surface area (Å²) < 4.78 is 5.01. The summed E-state index contributed by atoms with van der Waals surface area (Å²) in [6.45, 7) is 5.22. The summed E-state index contributed by atoms with van der Waals surface area (Å²) in [5, 5.41) is 0. The Morgan fingerprint density at radius 2 is 1.63 bits per heavy atom. The van der Waals surface area contributed by atoms with E-state index in [0.29, 0.717) is 5.56 Å². The summed E-state index contributed by atoms with van der Waals surface area (Å²) in [7, 11) is 3.85. The fraction of sp³-hybridized carbons (Fsp3) is 0.467. The highest BCUT2D eigenvalue weighted by atomic mass is 16.5. The van der Waals surface area contributed by atoms with Gasteiger partial charge in [-0.15, -0.1) is 0 Å². The third-order valence-corrected chi connectivity index (χ3v) is 2.79. The summed E-state index contributed by atoms with van der Waals surface area (Å²) in [5.74, 6) is -0.561. The molecule has 0 heterocycles. The zero-order chi connectivity index (χ0) is 14.6. The highest BCUT2D eigenvalue weighted by Gasteiger charge is 2.22. The lowest BCUT2D eigenvalue weighted by molar-refractivity contribution is -0.129. The van der Waals surface area contributed by atoms with Gasteiger partial charge in [0.2, 0.25) is 0 Å². The molecule has 0 aliphatic rings. The Labute approximate surface area is 114 Å². The van der Waals surface area contributed by atoms with E-state index in [1.807, 2.05) is 31.1 Å². The van der Waals surface area contributed by atoms with Gasteiger partial charge in [0.05, 0.1) is 5.56 Å². The second-order valence-corrected chi connectivity index (χ2v) is 5.69. The van der Waals surface area contributed by atoms with Crippen molar-refractivity contribution in [3.63, 3.8) is 0 Å². The van der Waals surface area contributed by atoms with Crippen LogP contribution in [0.3, 0.4) is 0 Å². The molecular formula is C15H21NO3. The molecule has 4 nitrogen and oxygen atoms in total. The molecule has 1 aromatic rings. The maximum absolute atomic E-state index is 11.8. The minimum Gasteiger partial charge on any atom is -0.454 e. The molecule has 0 fully saturated rings. The van der Waals surface area contributed by atoms with Crippen LogP contribution in [0.2, 0.25) is 0 Å². The van der Waals surface area contributed by atoms with Crippen LogP contribution in [0.25, 0.3) is 0 Å². The number of hydrogen-bond donors (Lipinski definition) is 0. The number of anilines is 1. The number of nitrogens with zero attached hydrogens (tertiary/aromatic N) is 1. The van der Waals surface area contributed by atoms with Crippen molar-refractivity contribution in [2.45, 2.75) is 20.8 Å². The first-order valence-electron chi connectivity index (χ1n) is 6.19. The number of ether oxygens (including phenoxy) is 1. The Bertz CT molecular complexity index is 455. The smallest absolute Gasteiger partial charge is 0.338 e. The van der Waals surface area contributed by atoms with Crippen molar-refractivity contribution in [3.8, 4) is 0 Å². The highest BCUT2D eigenvalue weighted by molar-refractivity contribution is 5.93. The van der Waals surface area contributed by atoms with E-state index in [9.17, 15) is 9.59 Å². The molecule has 0 aliphatic heterocycles. The van der Waals surface area contributed by atoms with Gasteiger partial charge < -0.3 is 9.64 Å². The normalized spacial score (nSPS) is 11.0. The predicted octanol–water partition coefficient (Wildman–Crippen LogP) is 2.52. The minimum atomic E-state index is -0.491. The van der Waals surface area contributed by atoms with Crippen molar-refractivity contribution in [2.24, 2.45) is 5.41 Å². The summed E-state index contributed by atoms with van der Waals surface area (Å²) in [4.78, 5) is 25.4. The van der Waals surface area contributed by atoms with Gasteiger partial charge in [0.25, 0.3) is 0 Å². The molecule has 1 rings (SSSR count). The fourth-order valence-electron chi connectivity index (χ4n) is 1.33. The number of esters is 1. The molecule has 0 spiro atoms.